The first-order valence-electron chi connectivity index (χ1n) is 6.50. The summed E-state index contributed by atoms with van der Waals surface area (Å²) in [6, 6.07) is 5.89. The molecule has 1 aromatic carbocycles. The van der Waals surface area contributed by atoms with Crippen molar-refractivity contribution in [2.45, 2.75) is 20.4 Å². The van der Waals surface area contributed by atoms with Crippen molar-refractivity contribution in [3.63, 3.8) is 0 Å². The highest BCUT2D eigenvalue weighted by Crippen LogP contribution is 2.19. The molecule has 0 radical (unpaired) electrons. The molecule has 0 atom stereocenters. The summed E-state index contributed by atoms with van der Waals surface area (Å²) in [4.78, 5) is 4.32. The number of hydrogen-bond acceptors (Lipinski definition) is 3. The first-order valence-corrected chi connectivity index (χ1v) is 6.50. The molecule has 0 fully saturated rings. The van der Waals surface area contributed by atoms with Crippen LogP contribution in [-0.4, -0.2) is 23.2 Å². The highest BCUT2D eigenvalue weighted by molar-refractivity contribution is 5.46. The summed E-state index contributed by atoms with van der Waals surface area (Å²) < 4.78 is 7.40. The highest BCUT2D eigenvalue weighted by Gasteiger charge is 2.07. The van der Waals surface area contributed by atoms with E-state index >= 15 is 0 Å². The molecule has 2 N–H and O–H groups in total. The predicted octanol–water partition coefficient (Wildman–Crippen LogP) is 1.87. The fraction of sp³-hybridized carbons (Fsp3) is 0.312. The van der Waals surface area contributed by atoms with Crippen molar-refractivity contribution in [2.24, 2.45) is 5.73 Å². The number of ether oxygens (including phenoxy) is 1. The average molecular weight is 269 g/mol. The minimum absolute atomic E-state index is 0.356. The number of benzene rings is 1. The van der Waals surface area contributed by atoms with Gasteiger partial charge in [-0.1, -0.05) is 11.8 Å². The Kier molecular flexibility index (Phi) is 4.44. The molecule has 2 aromatic rings. The molecule has 4 heteroatoms. The molecule has 0 spiro atoms. The highest BCUT2D eigenvalue weighted by atomic mass is 16.5. The Bertz CT molecular complexity index is 662. The summed E-state index contributed by atoms with van der Waals surface area (Å²) in [6.07, 6.45) is 1.85. The van der Waals surface area contributed by atoms with Crippen molar-refractivity contribution in [3.05, 3.63) is 47.0 Å². The van der Waals surface area contributed by atoms with E-state index in [1.54, 1.807) is 7.11 Å². The first kappa shape index (κ1) is 14.2. The molecule has 0 amide bonds. The summed E-state index contributed by atoms with van der Waals surface area (Å²) in [5, 5.41) is 0. The van der Waals surface area contributed by atoms with E-state index in [4.69, 9.17) is 10.5 Å². The van der Waals surface area contributed by atoms with Gasteiger partial charge in [0.2, 0.25) is 0 Å². The van der Waals surface area contributed by atoms with Gasteiger partial charge in [-0.3, -0.25) is 0 Å². The fourth-order valence-electron chi connectivity index (χ4n) is 1.98. The Morgan fingerprint density at radius 2 is 2.15 bits per heavy atom. The second kappa shape index (κ2) is 6.27. The first-order chi connectivity index (χ1) is 9.65. The summed E-state index contributed by atoms with van der Waals surface area (Å²) >= 11 is 0. The monoisotopic (exact) mass is 269 g/mol. The standard InChI is InChI=1S/C16H19N3O/c1-12-13(2)19(11-18-12)10-15-9-16(20-3)7-6-14(15)5-4-8-17/h6-7,9,11H,8,10,17H2,1-3H3. The van der Waals surface area contributed by atoms with E-state index in [1.165, 1.54) is 0 Å². The predicted molar refractivity (Wildman–Crippen MR) is 79.7 cm³/mol. The molecule has 0 bridgehead atoms. The molecule has 104 valence electrons. The topological polar surface area (TPSA) is 53.1 Å². The smallest absolute Gasteiger partial charge is 0.119 e. The van der Waals surface area contributed by atoms with Crippen LogP contribution < -0.4 is 10.5 Å². The van der Waals surface area contributed by atoms with E-state index in [2.05, 4.69) is 28.3 Å². The van der Waals surface area contributed by atoms with Crippen LogP contribution in [0.4, 0.5) is 0 Å². The van der Waals surface area contributed by atoms with Crippen molar-refractivity contribution in [2.75, 3.05) is 13.7 Å². The van der Waals surface area contributed by atoms with E-state index in [0.717, 1.165) is 34.8 Å². The molecule has 1 heterocycles. The van der Waals surface area contributed by atoms with Crippen LogP contribution in [0.2, 0.25) is 0 Å². The van der Waals surface area contributed by atoms with E-state index in [0.29, 0.717) is 6.54 Å². The van der Waals surface area contributed by atoms with Crippen molar-refractivity contribution < 1.29 is 4.74 Å². The number of imidazole rings is 1. The Hall–Kier alpha value is -2.25. The maximum atomic E-state index is 5.45. The lowest BCUT2D eigenvalue weighted by atomic mass is 10.1. The van der Waals surface area contributed by atoms with Crippen LogP contribution in [0.15, 0.2) is 24.5 Å². The minimum atomic E-state index is 0.356. The summed E-state index contributed by atoms with van der Waals surface area (Å²) in [5.74, 6) is 6.83. The normalized spacial score (nSPS) is 10.0. The average Bonchev–Trinajstić information content (AvgIpc) is 2.78. The minimum Gasteiger partial charge on any atom is -0.497 e. The molecule has 0 saturated heterocycles. The number of aryl methyl sites for hydroxylation is 1. The molecule has 1 aromatic heterocycles. The second-order valence-electron chi connectivity index (χ2n) is 4.57. The zero-order valence-electron chi connectivity index (χ0n) is 12.1. The quantitative estimate of drug-likeness (QED) is 0.865. The van der Waals surface area contributed by atoms with Gasteiger partial charge in [-0.05, 0) is 37.6 Å². The van der Waals surface area contributed by atoms with Gasteiger partial charge in [-0.2, -0.15) is 0 Å². The molecule has 0 aliphatic heterocycles. The third-order valence-electron chi connectivity index (χ3n) is 3.32. The third-order valence-corrected chi connectivity index (χ3v) is 3.32. The maximum absolute atomic E-state index is 5.45. The Balaban J connectivity index is 2.39. The van der Waals surface area contributed by atoms with Gasteiger partial charge in [0.15, 0.2) is 0 Å². The Morgan fingerprint density at radius 1 is 1.35 bits per heavy atom. The van der Waals surface area contributed by atoms with Crippen molar-refractivity contribution in [1.29, 1.82) is 0 Å². The van der Waals surface area contributed by atoms with Gasteiger partial charge in [-0.25, -0.2) is 4.98 Å². The molecule has 0 saturated carbocycles. The van der Waals surface area contributed by atoms with Gasteiger partial charge in [0.25, 0.3) is 0 Å². The Morgan fingerprint density at radius 3 is 2.75 bits per heavy atom. The molecule has 2 rings (SSSR count). The van der Waals surface area contributed by atoms with Crippen LogP contribution in [0.5, 0.6) is 5.75 Å². The number of nitrogens with zero attached hydrogens (tertiary/aromatic N) is 2. The van der Waals surface area contributed by atoms with E-state index < -0.39 is 0 Å². The largest absolute Gasteiger partial charge is 0.497 e. The summed E-state index contributed by atoms with van der Waals surface area (Å²) in [6.45, 7) is 5.15. The lowest BCUT2D eigenvalue weighted by Gasteiger charge is -2.10. The zero-order valence-corrected chi connectivity index (χ0v) is 12.1. The van der Waals surface area contributed by atoms with Crippen molar-refractivity contribution in [1.82, 2.24) is 9.55 Å². The summed E-state index contributed by atoms with van der Waals surface area (Å²) in [5.41, 5.74) is 9.73. The number of rotatable bonds is 3. The zero-order chi connectivity index (χ0) is 14.5. The lowest BCUT2D eigenvalue weighted by Crippen LogP contribution is -2.03. The lowest BCUT2D eigenvalue weighted by molar-refractivity contribution is 0.414. The van der Waals surface area contributed by atoms with Gasteiger partial charge in [0.1, 0.15) is 5.75 Å². The third kappa shape index (κ3) is 3.01. The van der Waals surface area contributed by atoms with Gasteiger partial charge in [-0.15, -0.1) is 0 Å². The molecule has 0 aliphatic rings. The van der Waals surface area contributed by atoms with Crippen molar-refractivity contribution >= 4 is 0 Å². The van der Waals surface area contributed by atoms with Gasteiger partial charge in [0, 0.05) is 11.3 Å². The van der Waals surface area contributed by atoms with Crippen LogP contribution in [-0.2, 0) is 6.54 Å². The van der Waals surface area contributed by atoms with Crippen LogP contribution in [0.25, 0.3) is 0 Å². The molecule has 0 unspecified atom stereocenters. The van der Waals surface area contributed by atoms with Crippen LogP contribution in [0, 0.1) is 25.7 Å². The second-order valence-corrected chi connectivity index (χ2v) is 4.57. The van der Waals surface area contributed by atoms with Gasteiger partial charge in [0.05, 0.1) is 32.2 Å². The Labute approximate surface area is 119 Å². The van der Waals surface area contributed by atoms with Crippen LogP contribution in [0.1, 0.15) is 22.5 Å². The molecular formula is C16H19N3O. The molecule has 0 aliphatic carbocycles. The van der Waals surface area contributed by atoms with E-state index in [1.807, 2.05) is 31.5 Å². The number of aromatic nitrogens is 2. The number of methoxy groups -OCH3 is 1. The van der Waals surface area contributed by atoms with Gasteiger partial charge >= 0.3 is 0 Å². The summed E-state index contributed by atoms with van der Waals surface area (Å²) in [7, 11) is 1.66. The van der Waals surface area contributed by atoms with E-state index in [-0.39, 0.29) is 0 Å². The van der Waals surface area contributed by atoms with Gasteiger partial charge < -0.3 is 15.0 Å². The molecule has 4 nitrogen and oxygen atoms in total. The van der Waals surface area contributed by atoms with Crippen LogP contribution >= 0.6 is 0 Å². The van der Waals surface area contributed by atoms with Crippen LogP contribution in [0.3, 0.4) is 0 Å². The SMILES string of the molecule is COc1ccc(C#CCN)c(Cn2cnc(C)c2C)c1. The fourth-order valence-corrected chi connectivity index (χ4v) is 1.98. The maximum Gasteiger partial charge on any atom is 0.119 e. The van der Waals surface area contributed by atoms with Crippen molar-refractivity contribution in [3.8, 4) is 17.6 Å². The number of nitrogens with two attached hydrogens (primary N) is 1. The van der Waals surface area contributed by atoms with E-state index in [9.17, 15) is 0 Å². The molecule has 20 heavy (non-hydrogen) atoms. The number of hydrogen-bond donors (Lipinski definition) is 1. The molecular weight excluding hydrogens is 250 g/mol.